The fraction of sp³-hybridized carbons (Fsp3) is 0.0357. The van der Waals surface area contributed by atoms with Gasteiger partial charge in [0, 0.05) is 23.0 Å². The molecule has 1 aliphatic heterocycles. The van der Waals surface area contributed by atoms with Crippen molar-refractivity contribution in [1.82, 2.24) is 5.32 Å². The number of nitrogens with one attached hydrogen (secondary N) is 1. The first-order chi connectivity index (χ1) is 16.2. The molecule has 4 aromatic carbocycles. The molecule has 4 aromatic rings. The maximum atomic E-state index is 9.34. The van der Waals surface area contributed by atoms with Crippen LogP contribution in [0.5, 0.6) is 0 Å². The first kappa shape index (κ1) is 20.9. The van der Waals surface area contributed by atoms with Gasteiger partial charge < -0.3 is 15.4 Å². The smallest absolute Gasteiger partial charge is 0.423 e. The summed E-state index contributed by atoms with van der Waals surface area (Å²) in [5.74, 6) is 0. The standard InChI is InChI=1S/C28H23BN2O2/c32-29(33)26-17-13-22(14-18-26)21-11-15-25(16-12-21)28(24-9-5-2-6-10-24)30-20-19-27(31-28)23-7-3-1-4-8-23/h1-20,31-33H. The van der Waals surface area contributed by atoms with Crippen molar-refractivity contribution in [2.45, 2.75) is 5.66 Å². The SMILES string of the molecule is OB(O)c1ccc(-c2ccc(C3(c4ccccc4)N=CC=C(c4ccccc4)N3)cc2)cc1. The molecule has 3 N–H and O–H groups in total. The molecule has 4 nitrogen and oxygen atoms in total. The van der Waals surface area contributed by atoms with E-state index in [1.807, 2.05) is 60.8 Å². The second-order valence-electron chi connectivity index (χ2n) is 8.00. The maximum absolute atomic E-state index is 9.34. The Labute approximate surface area is 193 Å². The Morgan fingerprint density at radius 3 is 1.76 bits per heavy atom. The van der Waals surface area contributed by atoms with Crippen LogP contribution in [0.3, 0.4) is 0 Å². The summed E-state index contributed by atoms with van der Waals surface area (Å²) < 4.78 is 0. The highest BCUT2D eigenvalue weighted by atomic mass is 16.4. The van der Waals surface area contributed by atoms with E-state index >= 15 is 0 Å². The number of aliphatic imine (C=N–C) groups is 1. The van der Waals surface area contributed by atoms with E-state index in [1.54, 1.807) is 12.1 Å². The summed E-state index contributed by atoms with van der Waals surface area (Å²) in [6, 6.07) is 36.1. The van der Waals surface area contributed by atoms with Gasteiger partial charge in [0.2, 0.25) is 0 Å². The fourth-order valence-corrected chi connectivity index (χ4v) is 4.17. The Bertz CT molecular complexity index is 1290. The van der Waals surface area contributed by atoms with Crippen LogP contribution in [0, 0.1) is 0 Å². The van der Waals surface area contributed by atoms with Gasteiger partial charge in [-0.1, -0.05) is 109 Å². The van der Waals surface area contributed by atoms with Gasteiger partial charge in [-0.2, -0.15) is 0 Å². The number of hydrogen-bond donors (Lipinski definition) is 3. The van der Waals surface area contributed by atoms with Gasteiger partial charge in [0.05, 0.1) is 0 Å². The van der Waals surface area contributed by atoms with Crippen LogP contribution in [0.1, 0.15) is 16.7 Å². The summed E-state index contributed by atoms with van der Waals surface area (Å²) in [7, 11) is -1.46. The van der Waals surface area contributed by atoms with E-state index in [0.29, 0.717) is 5.46 Å². The molecule has 5 rings (SSSR count). The highest BCUT2D eigenvalue weighted by molar-refractivity contribution is 6.58. The van der Waals surface area contributed by atoms with Crippen LogP contribution in [-0.4, -0.2) is 23.4 Å². The zero-order valence-corrected chi connectivity index (χ0v) is 18.0. The highest BCUT2D eigenvalue weighted by Crippen LogP contribution is 2.36. The van der Waals surface area contributed by atoms with Gasteiger partial charge in [-0.3, -0.25) is 4.99 Å². The molecule has 0 saturated carbocycles. The second kappa shape index (κ2) is 8.90. The van der Waals surface area contributed by atoms with Gasteiger partial charge in [0.1, 0.15) is 0 Å². The molecule has 0 spiro atoms. The van der Waals surface area contributed by atoms with E-state index in [9.17, 15) is 10.0 Å². The zero-order chi connectivity index (χ0) is 22.7. The van der Waals surface area contributed by atoms with Crippen molar-refractivity contribution in [2.75, 3.05) is 0 Å². The van der Waals surface area contributed by atoms with Crippen molar-refractivity contribution in [3.63, 3.8) is 0 Å². The summed E-state index contributed by atoms with van der Waals surface area (Å²) in [4.78, 5) is 4.94. The van der Waals surface area contributed by atoms with Crippen LogP contribution in [-0.2, 0) is 5.66 Å². The third-order valence-corrected chi connectivity index (χ3v) is 5.95. The van der Waals surface area contributed by atoms with Crippen molar-refractivity contribution in [3.8, 4) is 11.1 Å². The van der Waals surface area contributed by atoms with Crippen molar-refractivity contribution < 1.29 is 10.0 Å². The largest absolute Gasteiger partial charge is 0.488 e. The van der Waals surface area contributed by atoms with E-state index in [2.05, 4.69) is 53.8 Å². The number of rotatable bonds is 5. The molecule has 0 radical (unpaired) electrons. The average molecular weight is 430 g/mol. The summed E-state index contributed by atoms with van der Waals surface area (Å²) in [5.41, 5.74) is 5.96. The van der Waals surface area contributed by atoms with Crippen LogP contribution < -0.4 is 10.8 Å². The highest BCUT2D eigenvalue weighted by Gasteiger charge is 2.35. The first-order valence-electron chi connectivity index (χ1n) is 10.9. The molecule has 1 heterocycles. The van der Waals surface area contributed by atoms with Gasteiger partial charge in [-0.25, -0.2) is 0 Å². The molecule has 1 unspecified atom stereocenters. The summed E-state index contributed by atoms with van der Waals surface area (Å²) in [5, 5.41) is 22.4. The predicted molar refractivity (Wildman–Crippen MR) is 135 cm³/mol. The first-order valence-corrected chi connectivity index (χ1v) is 10.9. The van der Waals surface area contributed by atoms with E-state index in [4.69, 9.17) is 4.99 Å². The molecule has 1 atom stereocenters. The second-order valence-corrected chi connectivity index (χ2v) is 8.00. The van der Waals surface area contributed by atoms with Crippen molar-refractivity contribution in [1.29, 1.82) is 0 Å². The van der Waals surface area contributed by atoms with E-state index in [0.717, 1.165) is 33.5 Å². The summed E-state index contributed by atoms with van der Waals surface area (Å²) in [6.07, 6.45) is 3.88. The van der Waals surface area contributed by atoms with Crippen LogP contribution in [0.15, 0.2) is 120 Å². The van der Waals surface area contributed by atoms with Gasteiger partial charge in [-0.05, 0) is 28.2 Å². The Morgan fingerprint density at radius 1 is 0.606 bits per heavy atom. The molecule has 1 aliphatic rings. The molecule has 0 fully saturated rings. The molecular weight excluding hydrogens is 407 g/mol. The number of hydrogen-bond acceptors (Lipinski definition) is 4. The van der Waals surface area contributed by atoms with E-state index < -0.39 is 12.8 Å². The molecule has 33 heavy (non-hydrogen) atoms. The lowest BCUT2D eigenvalue weighted by Crippen LogP contribution is -2.42. The zero-order valence-electron chi connectivity index (χ0n) is 18.0. The topological polar surface area (TPSA) is 64.8 Å². The molecule has 0 aromatic heterocycles. The van der Waals surface area contributed by atoms with Gasteiger partial charge >= 0.3 is 7.12 Å². The van der Waals surface area contributed by atoms with Crippen molar-refractivity contribution >= 4 is 24.5 Å². The lowest BCUT2D eigenvalue weighted by molar-refractivity contribution is 0.426. The van der Waals surface area contributed by atoms with E-state index in [-0.39, 0.29) is 0 Å². The third kappa shape index (κ3) is 4.12. The van der Waals surface area contributed by atoms with Crippen LogP contribution in [0.25, 0.3) is 16.8 Å². The molecule has 0 aliphatic carbocycles. The Balaban J connectivity index is 1.53. The number of allylic oxidation sites excluding steroid dienone is 1. The summed E-state index contributed by atoms with van der Waals surface area (Å²) in [6.45, 7) is 0. The quantitative estimate of drug-likeness (QED) is 0.420. The van der Waals surface area contributed by atoms with Crippen LogP contribution in [0.4, 0.5) is 0 Å². The molecule has 0 bridgehead atoms. The molecular formula is C28H23BN2O2. The van der Waals surface area contributed by atoms with Crippen LogP contribution >= 0.6 is 0 Å². The monoisotopic (exact) mass is 430 g/mol. The summed E-state index contributed by atoms with van der Waals surface area (Å²) >= 11 is 0. The van der Waals surface area contributed by atoms with Gasteiger partial charge in [0.25, 0.3) is 0 Å². The Kier molecular flexibility index (Phi) is 5.65. The minimum absolute atomic E-state index is 0.472. The normalized spacial score (nSPS) is 17.2. The fourth-order valence-electron chi connectivity index (χ4n) is 4.17. The third-order valence-electron chi connectivity index (χ3n) is 5.95. The average Bonchev–Trinajstić information content (AvgIpc) is 2.90. The van der Waals surface area contributed by atoms with E-state index in [1.165, 1.54) is 0 Å². The lowest BCUT2D eigenvalue weighted by atomic mass is 9.80. The Hall–Kier alpha value is -3.93. The molecule has 160 valence electrons. The minimum Gasteiger partial charge on any atom is -0.423 e. The molecule has 0 amide bonds. The van der Waals surface area contributed by atoms with Crippen LogP contribution in [0.2, 0.25) is 0 Å². The maximum Gasteiger partial charge on any atom is 0.488 e. The van der Waals surface area contributed by atoms with Crippen molar-refractivity contribution in [3.05, 3.63) is 132 Å². The van der Waals surface area contributed by atoms with Gasteiger partial charge in [0.15, 0.2) is 5.66 Å². The van der Waals surface area contributed by atoms with Gasteiger partial charge in [-0.15, -0.1) is 0 Å². The Morgan fingerprint density at radius 2 is 1.15 bits per heavy atom. The number of benzene rings is 4. The number of nitrogens with zero attached hydrogens (tertiary/aromatic N) is 1. The molecule has 5 heteroatoms. The molecule has 0 saturated heterocycles. The lowest BCUT2D eigenvalue weighted by Gasteiger charge is -2.36. The van der Waals surface area contributed by atoms with Crippen molar-refractivity contribution in [2.24, 2.45) is 4.99 Å². The predicted octanol–water partition coefficient (Wildman–Crippen LogP) is 3.95. The minimum atomic E-state index is -1.46.